The number of carbonyl (C=O) groups is 1. The van der Waals surface area contributed by atoms with Gasteiger partial charge in [-0.1, -0.05) is 67.2 Å². The molecule has 0 saturated heterocycles. The van der Waals surface area contributed by atoms with Gasteiger partial charge in [-0.15, -0.1) is 0 Å². The molecule has 172 valence electrons. The summed E-state index contributed by atoms with van der Waals surface area (Å²) in [6, 6.07) is 22.2. The smallest absolute Gasteiger partial charge is 0.255 e. The van der Waals surface area contributed by atoms with Crippen LogP contribution in [0.15, 0.2) is 79.5 Å². The Bertz CT molecular complexity index is 1130. The van der Waals surface area contributed by atoms with Gasteiger partial charge in [-0.05, 0) is 50.0 Å². The SMILES string of the molecule is C=C(C[C@@]1(O)Cn2ccc(C(=O)N(CC)CC)c2[C@](C)(c2ccccc2)C1)c1ccccc1. The number of nitrogens with zero attached hydrogens (tertiary/aromatic N) is 2. The molecule has 0 radical (unpaired) electrons. The van der Waals surface area contributed by atoms with Crippen molar-refractivity contribution >= 4 is 11.5 Å². The predicted octanol–water partition coefficient (Wildman–Crippen LogP) is 5.51. The second-order valence-corrected chi connectivity index (χ2v) is 9.43. The van der Waals surface area contributed by atoms with Crippen LogP contribution in [0, 0.1) is 0 Å². The van der Waals surface area contributed by atoms with Crippen LogP contribution >= 0.6 is 0 Å². The van der Waals surface area contributed by atoms with E-state index in [1.807, 2.05) is 79.5 Å². The Labute approximate surface area is 197 Å². The molecule has 0 spiro atoms. The van der Waals surface area contributed by atoms with Crippen molar-refractivity contribution in [3.05, 3.63) is 102 Å². The van der Waals surface area contributed by atoms with Crippen LogP contribution in [0.3, 0.4) is 0 Å². The zero-order valence-electron chi connectivity index (χ0n) is 19.9. The lowest BCUT2D eigenvalue weighted by molar-refractivity contribution is -0.0113. The van der Waals surface area contributed by atoms with E-state index in [1.54, 1.807) is 0 Å². The Kier molecular flexibility index (Phi) is 6.31. The molecule has 1 aliphatic heterocycles. The molecule has 4 nitrogen and oxygen atoms in total. The highest BCUT2D eigenvalue weighted by molar-refractivity contribution is 5.96. The number of hydrogen-bond donors (Lipinski definition) is 1. The van der Waals surface area contributed by atoms with E-state index < -0.39 is 11.0 Å². The lowest BCUT2D eigenvalue weighted by Gasteiger charge is -2.46. The Morgan fingerprint density at radius 1 is 1.03 bits per heavy atom. The predicted molar refractivity (Wildman–Crippen MR) is 134 cm³/mol. The molecule has 2 aromatic carbocycles. The first-order valence-corrected chi connectivity index (χ1v) is 11.8. The molecule has 3 aromatic rings. The van der Waals surface area contributed by atoms with Gasteiger partial charge in [0, 0.05) is 36.8 Å². The molecule has 33 heavy (non-hydrogen) atoms. The molecule has 0 fully saturated rings. The summed E-state index contributed by atoms with van der Waals surface area (Å²) >= 11 is 0. The summed E-state index contributed by atoms with van der Waals surface area (Å²) in [6.07, 6.45) is 2.94. The largest absolute Gasteiger partial charge is 0.388 e. The minimum absolute atomic E-state index is 0.0510. The van der Waals surface area contributed by atoms with E-state index in [9.17, 15) is 9.90 Å². The van der Waals surface area contributed by atoms with Crippen molar-refractivity contribution in [1.29, 1.82) is 0 Å². The van der Waals surface area contributed by atoms with E-state index in [0.29, 0.717) is 32.5 Å². The van der Waals surface area contributed by atoms with Crippen LogP contribution in [-0.2, 0) is 12.0 Å². The third-order valence-electron chi connectivity index (χ3n) is 7.05. The summed E-state index contributed by atoms with van der Waals surface area (Å²) < 4.78 is 2.09. The first-order chi connectivity index (χ1) is 15.8. The molecule has 0 unspecified atom stereocenters. The minimum atomic E-state index is -0.987. The molecule has 4 rings (SSSR count). The lowest BCUT2D eigenvalue weighted by atomic mass is 9.66. The van der Waals surface area contributed by atoms with E-state index in [1.165, 1.54) is 0 Å². The Hall–Kier alpha value is -3.11. The fourth-order valence-corrected chi connectivity index (χ4v) is 5.52. The number of aliphatic hydroxyl groups is 1. The summed E-state index contributed by atoms with van der Waals surface area (Å²) in [6.45, 7) is 12.2. The number of amides is 1. The van der Waals surface area contributed by atoms with Crippen LogP contribution < -0.4 is 0 Å². The van der Waals surface area contributed by atoms with E-state index >= 15 is 0 Å². The lowest BCUT2D eigenvalue weighted by Crippen LogP contribution is -2.49. The van der Waals surface area contributed by atoms with Gasteiger partial charge >= 0.3 is 0 Å². The maximum atomic E-state index is 13.4. The van der Waals surface area contributed by atoms with Crippen LogP contribution in [0.1, 0.15) is 60.8 Å². The normalized spacial score (nSPS) is 21.9. The summed E-state index contributed by atoms with van der Waals surface area (Å²) in [4.78, 5) is 15.3. The standard InChI is InChI=1S/C29H34N2O2/c1-5-30(6-2)27(32)25-17-18-31-21-29(33,19-22(3)23-13-9-7-10-14-23)20-28(4,26(25)31)24-15-11-8-12-16-24/h7-18,33H,3,5-6,19-21H2,1-2,4H3/t28-,29-/m0/s1. The van der Waals surface area contributed by atoms with Gasteiger partial charge in [0.1, 0.15) is 0 Å². The summed E-state index contributed by atoms with van der Waals surface area (Å²) in [5, 5.41) is 11.9. The first kappa shape index (κ1) is 23.1. The fraction of sp³-hybridized carbons (Fsp3) is 0.345. The molecule has 0 bridgehead atoms. The zero-order valence-corrected chi connectivity index (χ0v) is 19.9. The molecule has 4 heteroatoms. The Morgan fingerprint density at radius 3 is 2.24 bits per heavy atom. The summed E-state index contributed by atoms with van der Waals surface area (Å²) in [5.74, 6) is 0.0510. The molecule has 1 aromatic heterocycles. The molecule has 2 atom stereocenters. The van der Waals surface area contributed by atoms with Crippen molar-refractivity contribution in [2.24, 2.45) is 0 Å². The number of rotatable bonds is 7. The van der Waals surface area contributed by atoms with E-state index in [-0.39, 0.29) is 5.91 Å². The number of aromatic nitrogens is 1. The molecule has 1 aliphatic rings. The van der Waals surface area contributed by atoms with Crippen LogP contribution in [0.5, 0.6) is 0 Å². The third kappa shape index (κ3) is 4.28. The maximum Gasteiger partial charge on any atom is 0.255 e. The van der Waals surface area contributed by atoms with Gasteiger partial charge < -0.3 is 14.6 Å². The Morgan fingerprint density at radius 2 is 1.64 bits per heavy atom. The van der Waals surface area contributed by atoms with Gasteiger partial charge in [0.25, 0.3) is 5.91 Å². The second kappa shape index (κ2) is 9.03. The number of fused-ring (bicyclic) bond motifs is 1. The number of hydrogen-bond acceptors (Lipinski definition) is 2. The van der Waals surface area contributed by atoms with Crippen molar-refractivity contribution in [2.75, 3.05) is 13.1 Å². The minimum Gasteiger partial charge on any atom is -0.388 e. The van der Waals surface area contributed by atoms with Gasteiger partial charge in [0.05, 0.1) is 17.7 Å². The van der Waals surface area contributed by atoms with Crippen molar-refractivity contribution < 1.29 is 9.90 Å². The average molecular weight is 443 g/mol. The average Bonchev–Trinajstić information content (AvgIpc) is 3.25. The van der Waals surface area contributed by atoms with Crippen LogP contribution in [0.2, 0.25) is 0 Å². The molecule has 1 amide bonds. The molecule has 0 aliphatic carbocycles. The van der Waals surface area contributed by atoms with Crippen LogP contribution in [0.4, 0.5) is 0 Å². The first-order valence-electron chi connectivity index (χ1n) is 11.8. The maximum absolute atomic E-state index is 13.4. The Balaban J connectivity index is 1.79. The van der Waals surface area contributed by atoms with Gasteiger partial charge in [0.15, 0.2) is 0 Å². The second-order valence-electron chi connectivity index (χ2n) is 9.43. The number of carbonyl (C=O) groups excluding carboxylic acids is 1. The quantitative estimate of drug-likeness (QED) is 0.524. The van der Waals surface area contributed by atoms with Crippen molar-refractivity contribution in [3.63, 3.8) is 0 Å². The fourth-order valence-electron chi connectivity index (χ4n) is 5.52. The van der Waals surface area contributed by atoms with E-state index in [2.05, 4.69) is 30.2 Å². The molecular formula is C29H34N2O2. The molecule has 1 N–H and O–H groups in total. The third-order valence-corrected chi connectivity index (χ3v) is 7.05. The highest BCUT2D eigenvalue weighted by Gasteiger charge is 2.48. The van der Waals surface area contributed by atoms with Gasteiger partial charge in [-0.2, -0.15) is 0 Å². The highest BCUT2D eigenvalue weighted by atomic mass is 16.3. The van der Waals surface area contributed by atoms with Crippen LogP contribution in [0.25, 0.3) is 5.57 Å². The number of benzene rings is 2. The molecular weight excluding hydrogens is 408 g/mol. The van der Waals surface area contributed by atoms with Crippen molar-refractivity contribution in [3.8, 4) is 0 Å². The van der Waals surface area contributed by atoms with Crippen molar-refractivity contribution in [1.82, 2.24) is 9.47 Å². The van der Waals surface area contributed by atoms with E-state index in [4.69, 9.17) is 0 Å². The topological polar surface area (TPSA) is 45.5 Å². The summed E-state index contributed by atoms with van der Waals surface area (Å²) in [5.41, 5.74) is 3.27. The highest BCUT2D eigenvalue weighted by Crippen LogP contribution is 2.47. The van der Waals surface area contributed by atoms with E-state index in [0.717, 1.165) is 28.0 Å². The monoisotopic (exact) mass is 442 g/mol. The van der Waals surface area contributed by atoms with Crippen molar-refractivity contribution in [2.45, 2.75) is 51.2 Å². The van der Waals surface area contributed by atoms with Gasteiger partial charge in [-0.3, -0.25) is 4.79 Å². The van der Waals surface area contributed by atoms with Gasteiger partial charge in [0.2, 0.25) is 0 Å². The molecule has 0 saturated carbocycles. The molecule has 2 heterocycles. The van der Waals surface area contributed by atoms with Gasteiger partial charge in [-0.25, -0.2) is 0 Å². The van der Waals surface area contributed by atoms with Crippen LogP contribution in [-0.4, -0.2) is 39.2 Å². The summed E-state index contributed by atoms with van der Waals surface area (Å²) in [7, 11) is 0. The zero-order chi connectivity index (χ0) is 23.6.